The molecule has 2 N–H and O–H groups in total. The van der Waals surface area contributed by atoms with Crippen LogP contribution in [-0.2, 0) is 0 Å². The molecule has 2 aromatic heterocycles. The minimum atomic E-state index is -0.422. The van der Waals surface area contributed by atoms with Gasteiger partial charge in [-0.2, -0.15) is 0 Å². The van der Waals surface area contributed by atoms with Crippen LogP contribution in [0.5, 0.6) is 0 Å². The highest BCUT2D eigenvalue weighted by Gasteiger charge is 2.15. The van der Waals surface area contributed by atoms with Gasteiger partial charge in [0, 0.05) is 5.02 Å². The molecule has 4 aromatic rings. The quantitative estimate of drug-likeness (QED) is 0.272. The molecule has 0 fully saturated rings. The van der Waals surface area contributed by atoms with E-state index in [2.05, 4.69) is 20.6 Å². The van der Waals surface area contributed by atoms with Crippen LogP contribution in [0.3, 0.4) is 0 Å². The van der Waals surface area contributed by atoms with Gasteiger partial charge in [-0.15, -0.1) is 11.3 Å². The third-order valence-corrected chi connectivity index (χ3v) is 7.65. The number of benzene rings is 2. The fourth-order valence-corrected chi connectivity index (χ4v) is 5.88. The lowest BCUT2D eigenvalue weighted by molar-refractivity contribution is 0.0978. The summed E-state index contributed by atoms with van der Waals surface area (Å²) in [7, 11) is 0. The van der Waals surface area contributed by atoms with Crippen molar-refractivity contribution in [3.63, 3.8) is 0 Å². The molecule has 0 bridgehead atoms. The Balaban J connectivity index is 1.54. The second-order valence-corrected chi connectivity index (χ2v) is 9.80. The summed E-state index contributed by atoms with van der Waals surface area (Å²) in [5, 5.41) is 7.01. The van der Waals surface area contributed by atoms with Gasteiger partial charge in [0.1, 0.15) is 0 Å². The van der Waals surface area contributed by atoms with Gasteiger partial charge in [0.25, 0.3) is 5.91 Å². The summed E-state index contributed by atoms with van der Waals surface area (Å²) in [4.78, 5) is 21.5. The highest BCUT2D eigenvalue weighted by molar-refractivity contribution is 8.00. The van der Waals surface area contributed by atoms with E-state index in [1.54, 1.807) is 35.2 Å². The van der Waals surface area contributed by atoms with E-state index in [0.29, 0.717) is 10.2 Å². The molecule has 2 heterocycles. The van der Waals surface area contributed by atoms with Crippen LogP contribution >= 0.6 is 69.9 Å². The van der Waals surface area contributed by atoms with Crippen molar-refractivity contribution in [3.05, 3.63) is 45.9 Å². The number of rotatable bonds is 3. The fraction of sp³-hybridized carbons (Fsp3) is 0.0588. The molecule has 0 unspecified atom stereocenters. The van der Waals surface area contributed by atoms with Crippen LogP contribution in [0, 0.1) is 0 Å². The molecule has 0 radical (unpaired) electrons. The average Bonchev–Trinajstić information content (AvgIpc) is 3.23. The highest BCUT2D eigenvalue weighted by atomic mass is 35.5. The van der Waals surface area contributed by atoms with Crippen molar-refractivity contribution >= 4 is 106 Å². The first kappa shape index (κ1) is 19.8. The van der Waals surface area contributed by atoms with E-state index < -0.39 is 5.91 Å². The van der Waals surface area contributed by atoms with Gasteiger partial charge in [-0.05, 0) is 48.8 Å². The Bertz CT molecular complexity index is 1240. The Hall–Kier alpha value is -1.49. The van der Waals surface area contributed by atoms with Crippen molar-refractivity contribution in [1.29, 1.82) is 0 Å². The molecular weight excluding hydrogens is 475 g/mol. The molecule has 0 aliphatic carbocycles. The lowest BCUT2D eigenvalue weighted by atomic mass is 10.2. The van der Waals surface area contributed by atoms with E-state index in [1.165, 1.54) is 17.4 Å². The molecule has 142 valence electrons. The minimum Gasteiger partial charge on any atom is -0.308 e. The van der Waals surface area contributed by atoms with E-state index in [1.807, 2.05) is 18.4 Å². The number of nitrogens with zero attached hydrogens (tertiary/aromatic N) is 2. The van der Waals surface area contributed by atoms with Crippen molar-refractivity contribution in [2.24, 2.45) is 0 Å². The summed E-state index contributed by atoms with van der Waals surface area (Å²) < 4.78 is 3.14. The smallest absolute Gasteiger partial charge is 0.258 e. The van der Waals surface area contributed by atoms with Crippen molar-refractivity contribution in [2.45, 2.75) is 4.34 Å². The summed E-state index contributed by atoms with van der Waals surface area (Å²) in [5.41, 5.74) is 2.09. The molecule has 0 saturated heterocycles. The van der Waals surface area contributed by atoms with E-state index in [9.17, 15) is 4.79 Å². The van der Waals surface area contributed by atoms with Crippen LogP contribution in [0.4, 0.5) is 5.13 Å². The van der Waals surface area contributed by atoms with Gasteiger partial charge in [0.05, 0.1) is 31.0 Å². The van der Waals surface area contributed by atoms with Crippen LogP contribution < -0.4 is 10.6 Å². The van der Waals surface area contributed by atoms with Crippen LogP contribution in [0.1, 0.15) is 10.4 Å². The standard InChI is InChI=1S/C17H10Cl2N4OS4/c1-26-17-21-11-5-4-10-12(13(11)28-17)27-16(20-10)23-15(25)22-14(24)8-3-2-7(18)6-9(8)19/h2-6H,1H3,(H2,20,22,23,24,25). The molecule has 2 aromatic carbocycles. The summed E-state index contributed by atoms with van der Waals surface area (Å²) in [6, 6.07) is 8.53. The van der Waals surface area contributed by atoms with Crippen molar-refractivity contribution in [1.82, 2.24) is 15.3 Å². The number of amides is 1. The molecule has 0 aliphatic rings. The molecule has 0 saturated carbocycles. The monoisotopic (exact) mass is 484 g/mol. The normalized spacial score (nSPS) is 11.1. The summed E-state index contributed by atoms with van der Waals surface area (Å²) in [6.07, 6.45) is 2.00. The van der Waals surface area contributed by atoms with Crippen LogP contribution in [0.15, 0.2) is 34.7 Å². The third-order valence-electron chi connectivity index (χ3n) is 3.69. The van der Waals surface area contributed by atoms with Crippen LogP contribution in [0.2, 0.25) is 10.0 Å². The number of hydrogen-bond donors (Lipinski definition) is 2. The number of thiocarbonyl (C=S) groups is 1. The van der Waals surface area contributed by atoms with Gasteiger partial charge >= 0.3 is 0 Å². The number of halogens is 2. The van der Waals surface area contributed by atoms with Crippen molar-refractivity contribution < 1.29 is 4.79 Å². The Morgan fingerprint density at radius 3 is 2.54 bits per heavy atom. The van der Waals surface area contributed by atoms with Gasteiger partial charge in [-0.3, -0.25) is 10.1 Å². The fourth-order valence-electron chi connectivity index (χ4n) is 2.47. The summed E-state index contributed by atoms with van der Waals surface area (Å²) in [5.74, 6) is -0.422. The topological polar surface area (TPSA) is 66.9 Å². The van der Waals surface area contributed by atoms with Crippen LogP contribution in [0.25, 0.3) is 20.4 Å². The molecule has 0 aliphatic heterocycles. The van der Waals surface area contributed by atoms with E-state index in [0.717, 1.165) is 24.8 Å². The zero-order valence-corrected chi connectivity index (χ0v) is 18.9. The molecule has 28 heavy (non-hydrogen) atoms. The first-order chi connectivity index (χ1) is 13.4. The zero-order chi connectivity index (χ0) is 19.8. The first-order valence-corrected chi connectivity index (χ1v) is 11.8. The Morgan fingerprint density at radius 2 is 1.82 bits per heavy atom. The molecule has 0 spiro atoms. The SMILES string of the molecule is CSc1nc2ccc3nc(NC(=S)NC(=O)c4ccc(Cl)cc4Cl)sc3c2s1. The Kier molecular flexibility index (Phi) is 5.73. The van der Waals surface area contributed by atoms with Gasteiger partial charge in [-0.25, -0.2) is 9.97 Å². The molecule has 1 amide bonds. The predicted molar refractivity (Wildman–Crippen MR) is 125 cm³/mol. The Morgan fingerprint density at radius 1 is 1.11 bits per heavy atom. The van der Waals surface area contributed by atoms with E-state index >= 15 is 0 Å². The van der Waals surface area contributed by atoms with Crippen LogP contribution in [-0.4, -0.2) is 27.2 Å². The second kappa shape index (κ2) is 8.10. The number of thiazole rings is 2. The maximum Gasteiger partial charge on any atom is 0.258 e. The van der Waals surface area contributed by atoms with Gasteiger partial charge in [0.2, 0.25) is 0 Å². The van der Waals surface area contributed by atoms with Crippen molar-refractivity contribution in [3.8, 4) is 0 Å². The first-order valence-electron chi connectivity index (χ1n) is 7.76. The maximum absolute atomic E-state index is 12.4. The molecular formula is C17H10Cl2N4OS4. The number of anilines is 1. The predicted octanol–water partition coefficient (Wildman–Crippen LogP) is 6.06. The highest BCUT2D eigenvalue weighted by Crippen LogP contribution is 2.38. The molecule has 4 rings (SSSR count). The molecule has 5 nitrogen and oxygen atoms in total. The summed E-state index contributed by atoms with van der Waals surface area (Å²) >= 11 is 21.9. The van der Waals surface area contributed by atoms with Gasteiger partial charge in [-0.1, -0.05) is 46.3 Å². The number of thioether (sulfide) groups is 1. The second-order valence-electron chi connectivity index (χ2n) is 5.50. The number of aromatic nitrogens is 2. The van der Waals surface area contributed by atoms with Gasteiger partial charge < -0.3 is 5.32 Å². The van der Waals surface area contributed by atoms with E-state index in [4.69, 9.17) is 35.4 Å². The number of fused-ring (bicyclic) bond motifs is 3. The number of carbonyl (C=O) groups excluding carboxylic acids is 1. The molecule has 11 heteroatoms. The van der Waals surface area contributed by atoms with Crippen molar-refractivity contribution in [2.75, 3.05) is 11.6 Å². The third kappa shape index (κ3) is 3.96. The minimum absolute atomic E-state index is 0.139. The lowest BCUT2D eigenvalue weighted by Gasteiger charge is -2.08. The number of nitrogens with one attached hydrogen (secondary N) is 2. The average molecular weight is 485 g/mol. The molecule has 0 atom stereocenters. The largest absolute Gasteiger partial charge is 0.308 e. The lowest BCUT2D eigenvalue weighted by Crippen LogP contribution is -2.34. The number of carbonyl (C=O) groups is 1. The van der Waals surface area contributed by atoms with E-state index in [-0.39, 0.29) is 15.7 Å². The number of hydrogen-bond acceptors (Lipinski definition) is 7. The Labute approximate surface area is 187 Å². The van der Waals surface area contributed by atoms with Gasteiger partial charge in [0.15, 0.2) is 14.6 Å². The maximum atomic E-state index is 12.4. The zero-order valence-electron chi connectivity index (χ0n) is 14.1. The summed E-state index contributed by atoms with van der Waals surface area (Å²) in [6.45, 7) is 0.